The topological polar surface area (TPSA) is 120 Å². The number of rotatable bonds is 16. The molecule has 1 aliphatic rings. The molecule has 2 aromatic rings. The Morgan fingerprint density at radius 1 is 1.07 bits per heavy atom. The van der Waals surface area contributed by atoms with Gasteiger partial charge in [0.25, 0.3) is 0 Å². The summed E-state index contributed by atoms with van der Waals surface area (Å²) >= 11 is 0. The Morgan fingerprint density at radius 2 is 1.77 bits per heavy atom. The highest BCUT2D eigenvalue weighted by Crippen LogP contribution is 2.27. The molecule has 3 rings (SSSR count). The summed E-state index contributed by atoms with van der Waals surface area (Å²) in [7, 11) is 3.29. The maximum atomic E-state index is 13.2. The van der Waals surface area contributed by atoms with E-state index in [0.717, 1.165) is 37.7 Å². The quantitative estimate of drug-likeness (QED) is 0.174. The molecule has 0 heterocycles. The van der Waals surface area contributed by atoms with Gasteiger partial charge in [0, 0.05) is 25.7 Å². The number of hydrogen-bond donors (Lipinski definition) is 4. The van der Waals surface area contributed by atoms with Crippen molar-refractivity contribution in [1.29, 1.82) is 0 Å². The molecule has 2 atom stereocenters. The van der Waals surface area contributed by atoms with Crippen molar-refractivity contribution >= 4 is 24.2 Å². The second kappa shape index (κ2) is 21.2. The number of hydrogen-bond acceptors (Lipinski definition) is 7. The first-order valence-electron chi connectivity index (χ1n) is 15.3. The van der Waals surface area contributed by atoms with Crippen LogP contribution in [-0.2, 0) is 20.8 Å². The summed E-state index contributed by atoms with van der Waals surface area (Å²) in [6.07, 6.45) is 10.8. The van der Waals surface area contributed by atoms with E-state index >= 15 is 0 Å². The monoisotopic (exact) mass is 594 g/mol. The Balaban J connectivity index is 0.000000694. The van der Waals surface area contributed by atoms with Crippen molar-refractivity contribution in [3.05, 3.63) is 71.8 Å². The van der Waals surface area contributed by atoms with Crippen molar-refractivity contribution in [2.24, 2.45) is 5.92 Å². The Bertz CT molecular complexity index is 1100. The van der Waals surface area contributed by atoms with Crippen LogP contribution in [0.4, 0.5) is 0 Å². The third kappa shape index (κ3) is 13.1. The molecule has 0 spiro atoms. The summed E-state index contributed by atoms with van der Waals surface area (Å²) in [5.74, 6) is 0.662. The Hall–Kier alpha value is -3.53. The molecule has 0 saturated heterocycles. The number of nitrogens with zero attached hydrogens (tertiary/aromatic N) is 1. The van der Waals surface area contributed by atoms with Crippen LogP contribution < -0.4 is 20.7 Å². The normalized spacial score (nSPS) is 14.7. The number of para-hydroxylation sites is 1. The number of ether oxygens (including phenoxy) is 1. The summed E-state index contributed by atoms with van der Waals surface area (Å²) in [4.78, 5) is 37.3. The summed E-state index contributed by atoms with van der Waals surface area (Å²) < 4.78 is 5.99. The van der Waals surface area contributed by atoms with Gasteiger partial charge in [0.05, 0.1) is 19.2 Å². The van der Waals surface area contributed by atoms with E-state index in [0.29, 0.717) is 31.7 Å². The van der Waals surface area contributed by atoms with Gasteiger partial charge in [-0.2, -0.15) is 0 Å². The van der Waals surface area contributed by atoms with Crippen LogP contribution in [0.2, 0.25) is 0 Å². The molecule has 4 N–H and O–H groups in total. The van der Waals surface area contributed by atoms with E-state index in [2.05, 4.69) is 47.1 Å². The lowest BCUT2D eigenvalue weighted by molar-refractivity contribution is -0.139. The van der Waals surface area contributed by atoms with E-state index in [4.69, 9.17) is 4.74 Å². The van der Waals surface area contributed by atoms with Crippen LogP contribution in [-0.4, -0.2) is 87.1 Å². The molecular weight excluding hydrogens is 544 g/mol. The first kappa shape index (κ1) is 35.7. The van der Waals surface area contributed by atoms with Gasteiger partial charge in [-0.3, -0.25) is 9.59 Å². The van der Waals surface area contributed by atoms with E-state index in [1.807, 2.05) is 42.5 Å². The number of carbonyl (C=O) groups is 3. The van der Waals surface area contributed by atoms with Gasteiger partial charge in [-0.15, -0.1) is 0 Å². The standard InChI is InChI=1S/C26H40N4O5.C8H10/c1-27-17-24(33)28-14-8-12-20-9-6-7-13-23(20)35-16-15-29-25(21-10-4-3-5-11-21)26(34)30(2)22(18-31)19-32;1-2-8-6-4-3-5-7-8/h6-9,12-13,18,21-22,25,27,29,32H,3-5,10-11,14-17,19H2,1-2H3,(H,28,33);3-7H,2H2,1H3/b12-8+;. The predicted molar refractivity (Wildman–Crippen MR) is 172 cm³/mol. The number of amides is 2. The van der Waals surface area contributed by atoms with Gasteiger partial charge in [0.1, 0.15) is 24.7 Å². The molecule has 0 aliphatic heterocycles. The zero-order valence-electron chi connectivity index (χ0n) is 26.0. The molecule has 236 valence electrons. The smallest absolute Gasteiger partial charge is 0.240 e. The molecule has 1 saturated carbocycles. The molecule has 1 aliphatic carbocycles. The van der Waals surface area contributed by atoms with Crippen LogP contribution >= 0.6 is 0 Å². The van der Waals surface area contributed by atoms with Gasteiger partial charge >= 0.3 is 0 Å². The third-order valence-electron chi connectivity index (χ3n) is 7.52. The highest BCUT2D eigenvalue weighted by molar-refractivity contribution is 5.84. The number of aliphatic hydroxyl groups excluding tert-OH is 1. The average Bonchev–Trinajstić information content (AvgIpc) is 3.05. The van der Waals surface area contributed by atoms with Gasteiger partial charge in [-0.05, 0) is 43.9 Å². The van der Waals surface area contributed by atoms with E-state index in [9.17, 15) is 19.5 Å². The lowest BCUT2D eigenvalue weighted by atomic mass is 9.83. The zero-order chi connectivity index (χ0) is 31.3. The van der Waals surface area contributed by atoms with Crippen LogP contribution in [0.1, 0.15) is 50.2 Å². The van der Waals surface area contributed by atoms with Crippen molar-refractivity contribution in [3.63, 3.8) is 0 Å². The minimum atomic E-state index is -0.840. The number of aryl methyl sites for hydroxylation is 1. The Morgan fingerprint density at radius 3 is 2.40 bits per heavy atom. The van der Waals surface area contributed by atoms with E-state index in [-0.39, 0.29) is 24.3 Å². The van der Waals surface area contributed by atoms with Crippen molar-refractivity contribution < 1.29 is 24.2 Å². The van der Waals surface area contributed by atoms with Gasteiger partial charge in [-0.1, -0.05) is 86.9 Å². The van der Waals surface area contributed by atoms with E-state index in [1.165, 1.54) is 16.9 Å². The largest absolute Gasteiger partial charge is 0.492 e. The summed E-state index contributed by atoms with van der Waals surface area (Å²) in [6.45, 7) is 3.29. The van der Waals surface area contributed by atoms with Crippen molar-refractivity contribution in [2.45, 2.75) is 57.5 Å². The third-order valence-corrected chi connectivity index (χ3v) is 7.52. The van der Waals surface area contributed by atoms with Crippen LogP contribution in [0.5, 0.6) is 5.75 Å². The number of likely N-dealkylation sites (N-methyl/N-ethyl adjacent to an activating group) is 2. The SMILES string of the molecule is CCc1ccccc1.CNCC(=O)NC/C=C/c1ccccc1OCCNC(C(=O)N(C)C(C=O)CO)C1CCCCC1. The Labute approximate surface area is 257 Å². The second-order valence-corrected chi connectivity index (χ2v) is 10.6. The highest BCUT2D eigenvalue weighted by Gasteiger charge is 2.33. The molecule has 0 aromatic heterocycles. The lowest BCUT2D eigenvalue weighted by Crippen LogP contribution is -2.54. The number of nitrogens with one attached hydrogen (secondary N) is 3. The molecule has 1 fully saturated rings. The van der Waals surface area contributed by atoms with Crippen molar-refractivity contribution in [1.82, 2.24) is 20.9 Å². The molecule has 9 nitrogen and oxygen atoms in total. The van der Waals surface area contributed by atoms with E-state index in [1.54, 1.807) is 14.1 Å². The van der Waals surface area contributed by atoms with Crippen molar-refractivity contribution in [2.75, 3.05) is 46.9 Å². The summed E-state index contributed by atoms with van der Waals surface area (Å²) in [5, 5.41) is 18.4. The predicted octanol–water partition coefficient (Wildman–Crippen LogP) is 3.22. The van der Waals surface area contributed by atoms with Gasteiger partial charge in [0.15, 0.2) is 0 Å². The number of aliphatic hydroxyl groups is 1. The molecule has 9 heteroatoms. The molecule has 0 radical (unpaired) electrons. The van der Waals surface area contributed by atoms with Gasteiger partial charge in [-0.25, -0.2) is 0 Å². The zero-order valence-corrected chi connectivity index (χ0v) is 26.0. The minimum absolute atomic E-state index is 0.0704. The maximum Gasteiger partial charge on any atom is 0.240 e. The van der Waals surface area contributed by atoms with Crippen LogP contribution in [0, 0.1) is 5.92 Å². The summed E-state index contributed by atoms with van der Waals surface area (Å²) in [6, 6.07) is 16.8. The fourth-order valence-corrected chi connectivity index (χ4v) is 4.98. The van der Waals surface area contributed by atoms with Crippen LogP contribution in [0.25, 0.3) is 6.08 Å². The summed E-state index contributed by atoms with van der Waals surface area (Å²) in [5.41, 5.74) is 2.30. The first-order valence-corrected chi connectivity index (χ1v) is 15.3. The first-order chi connectivity index (χ1) is 20.9. The van der Waals surface area contributed by atoms with E-state index < -0.39 is 18.7 Å². The Kier molecular flexibility index (Phi) is 17.6. The number of carbonyl (C=O) groups excluding carboxylic acids is 3. The average molecular weight is 595 g/mol. The highest BCUT2D eigenvalue weighted by atomic mass is 16.5. The lowest BCUT2D eigenvalue weighted by Gasteiger charge is -2.34. The minimum Gasteiger partial charge on any atom is -0.492 e. The molecular formula is C34H50N4O5. The van der Waals surface area contributed by atoms with Crippen LogP contribution in [0.15, 0.2) is 60.7 Å². The molecule has 0 bridgehead atoms. The molecule has 2 amide bonds. The van der Waals surface area contributed by atoms with Gasteiger partial charge in [0.2, 0.25) is 11.8 Å². The van der Waals surface area contributed by atoms with Gasteiger partial charge < -0.3 is 35.5 Å². The fourth-order valence-electron chi connectivity index (χ4n) is 4.98. The molecule has 43 heavy (non-hydrogen) atoms. The van der Waals surface area contributed by atoms with Crippen LogP contribution in [0.3, 0.4) is 0 Å². The van der Waals surface area contributed by atoms with Crippen molar-refractivity contribution in [3.8, 4) is 5.75 Å². The molecule has 2 aromatic carbocycles. The fraction of sp³-hybridized carbons (Fsp3) is 0.500. The number of benzene rings is 2. The second-order valence-electron chi connectivity index (χ2n) is 10.6. The number of aldehydes is 1. The maximum absolute atomic E-state index is 13.2. The molecule has 2 unspecified atom stereocenters.